The van der Waals surface area contributed by atoms with Crippen molar-refractivity contribution in [3.05, 3.63) is 29.8 Å². The number of anilines is 1. The van der Waals surface area contributed by atoms with Gasteiger partial charge in [-0.25, -0.2) is 0 Å². The molecule has 0 aliphatic carbocycles. The summed E-state index contributed by atoms with van der Waals surface area (Å²) in [5.74, 6) is -0.946. The molecule has 0 spiro atoms. The Kier molecular flexibility index (Phi) is 5.31. The fraction of sp³-hybridized carbons (Fsp3) is 0.500. The van der Waals surface area contributed by atoms with Crippen LogP contribution in [0.25, 0.3) is 0 Å². The number of carboxylic acids is 1. The summed E-state index contributed by atoms with van der Waals surface area (Å²) in [4.78, 5) is 22.7. The van der Waals surface area contributed by atoms with Gasteiger partial charge in [0, 0.05) is 18.0 Å². The van der Waals surface area contributed by atoms with Crippen molar-refractivity contribution in [2.45, 2.75) is 40.5 Å². The number of aryl methyl sites for hydroxylation is 1. The summed E-state index contributed by atoms with van der Waals surface area (Å²) in [6.07, 6.45) is 0.559. The van der Waals surface area contributed by atoms with E-state index in [4.69, 9.17) is 5.11 Å². The van der Waals surface area contributed by atoms with Crippen LogP contribution in [0.4, 0.5) is 5.69 Å². The number of nitrogens with one attached hydrogen (secondary N) is 1. The zero-order valence-corrected chi connectivity index (χ0v) is 12.6. The Balaban J connectivity index is 2.71. The first-order valence-corrected chi connectivity index (χ1v) is 6.82. The maximum Gasteiger partial charge on any atom is 0.303 e. The molecule has 0 heterocycles. The summed E-state index contributed by atoms with van der Waals surface area (Å²) in [7, 11) is 0. The van der Waals surface area contributed by atoms with Crippen molar-refractivity contribution in [1.29, 1.82) is 0 Å². The van der Waals surface area contributed by atoms with Crippen LogP contribution < -0.4 is 5.32 Å². The standard InChI is InChI=1S/C16H23NO3/c1-11(16(2,3)4)15(20)17-13-7-5-6-12(10-13)8-9-14(18)19/h5-7,10-11H,8-9H2,1-4H3,(H,17,20)(H,18,19). The Morgan fingerprint density at radius 2 is 1.95 bits per heavy atom. The van der Waals surface area contributed by atoms with Crippen LogP contribution in [0.1, 0.15) is 39.7 Å². The van der Waals surface area contributed by atoms with E-state index in [0.717, 1.165) is 5.56 Å². The summed E-state index contributed by atoms with van der Waals surface area (Å²) in [5.41, 5.74) is 1.54. The van der Waals surface area contributed by atoms with Gasteiger partial charge in [-0.1, -0.05) is 39.8 Å². The molecule has 0 fully saturated rings. The third-order valence-corrected chi connectivity index (χ3v) is 3.51. The lowest BCUT2D eigenvalue weighted by atomic mass is 9.81. The second kappa shape index (κ2) is 6.55. The van der Waals surface area contributed by atoms with Crippen LogP contribution in [0.3, 0.4) is 0 Å². The summed E-state index contributed by atoms with van der Waals surface area (Å²) < 4.78 is 0. The van der Waals surface area contributed by atoms with Gasteiger partial charge in [0.15, 0.2) is 0 Å². The lowest BCUT2D eigenvalue weighted by molar-refractivity contribution is -0.137. The Bertz CT molecular complexity index is 489. The number of aliphatic carboxylic acids is 1. The smallest absolute Gasteiger partial charge is 0.303 e. The molecule has 1 unspecified atom stereocenters. The van der Waals surface area contributed by atoms with Crippen LogP contribution in [-0.2, 0) is 16.0 Å². The van der Waals surface area contributed by atoms with Crippen molar-refractivity contribution in [3.8, 4) is 0 Å². The summed E-state index contributed by atoms with van der Waals surface area (Å²) in [6.45, 7) is 7.99. The van der Waals surface area contributed by atoms with E-state index in [-0.39, 0.29) is 23.7 Å². The third kappa shape index (κ3) is 5.03. The molecule has 4 heteroatoms. The molecule has 0 saturated carbocycles. The van der Waals surface area contributed by atoms with Crippen LogP contribution in [0.2, 0.25) is 0 Å². The molecule has 0 radical (unpaired) electrons. The minimum absolute atomic E-state index is 0.0205. The highest BCUT2D eigenvalue weighted by Crippen LogP contribution is 2.26. The number of carboxylic acid groups (broad SMARTS) is 1. The van der Waals surface area contributed by atoms with Crippen molar-refractivity contribution in [2.75, 3.05) is 5.32 Å². The van der Waals surface area contributed by atoms with Gasteiger partial charge in [-0.05, 0) is 29.5 Å². The van der Waals surface area contributed by atoms with Crippen molar-refractivity contribution < 1.29 is 14.7 Å². The van der Waals surface area contributed by atoms with E-state index in [1.165, 1.54) is 0 Å². The minimum atomic E-state index is -0.819. The topological polar surface area (TPSA) is 66.4 Å². The fourth-order valence-electron chi connectivity index (χ4n) is 1.70. The molecule has 110 valence electrons. The molecular formula is C16H23NO3. The molecule has 4 nitrogen and oxygen atoms in total. The van der Waals surface area contributed by atoms with Gasteiger partial charge >= 0.3 is 5.97 Å². The highest BCUT2D eigenvalue weighted by atomic mass is 16.4. The molecular weight excluding hydrogens is 254 g/mol. The number of carbonyl (C=O) groups is 2. The minimum Gasteiger partial charge on any atom is -0.481 e. The summed E-state index contributed by atoms with van der Waals surface area (Å²) in [5, 5.41) is 11.6. The van der Waals surface area contributed by atoms with Crippen LogP contribution in [0.15, 0.2) is 24.3 Å². The zero-order valence-electron chi connectivity index (χ0n) is 12.6. The van der Waals surface area contributed by atoms with Crippen LogP contribution in [-0.4, -0.2) is 17.0 Å². The Labute approximate surface area is 120 Å². The molecule has 2 N–H and O–H groups in total. The predicted octanol–water partition coefficient (Wildman–Crippen LogP) is 3.32. The van der Waals surface area contributed by atoms with Gasteiger partial charge in [0.05, 0.1) is 0 Å². The average Bonchev–Trinajstić information content (AvgIpc) is 2.34. The second-order valence-corrected chi connectivity index (χ2v) is 6.17. The van der Waals surface area contributed by atoms with E-state index in [9.17, 15) is 9.59 Å². The quantitative estimate of drug-likeness (QED) is 0.867. The van der Waals surface area contributed by atoms with Crippen molar-refractivity contribution in [2.24, 2.45) is 11.3 Å². The molecule has 1 amide bonds. The van der Waals surface area contributed by atoms with E-state index in [1.54, 1.807) is 0 Å². The van der Waals surface area contributed by atoms with Crippen molar-refractivity contribution in [1.82, 2.24) is 0 Å². The number of rotatable bonds is 5. The summed E-state index contributed by atoms with van der Waals surface area (Å²) >= 11 is 0. The Hall–Kier alpha value is -1.84. The van der Waals surface area contributed by atoms with Gasteiger partial charge < -0.3 is 10.4 Å². The molecule has 1 atom stereocenters. The van der Waals surface area contributed by atoms with Crippen molar-refractivity contribution >= 4 is 17.6 Å². The van der Waals surface area contributed by atoms with Crippen LogP contribution >= 0.6 is 0 Å². The van der Waals surface area contributed by atoms with Gasteiger partial charge in [0.2, 0.25) is 5.91 Å². The lowest BCUT2D eigenvalue weighted by Gasteiger charge is -2.26. The van der Waals surface area contributed by atoms with Gasteiger partial charge in [-0.3, -0.25) is 9.59 Å². The number of amides is 1. The molecule has 1 aromatic carbocycles. The molecule has 0 saturated heterocycles. The molecule has 0 bridgehead atoms. The average molecular weight is 277 g/mol. The second-order valence-electron chi connectivity index (χ2n) is 6.17. The van der Waals surface area contributed by atoms with E-state index in [2.05, 4.69) is 5.32 Å². The summed E-state index contributed by atoms with van der Waals surface area (Å²) in [6, 6.07) is 7.34. The SMILES string of the molecule is CC(C(=O)Nc1cccc(CCC(=O)O)c1)C(C)(C)C. The van der Waals surface area contributed by atoms with Crippen molar-refractivity contribution in [3.63, 3.8) is 0 Å². The Morgan fingerprint density at radius 1 is 1.30 bits per heavy atom. The zero-order chi connectivity index (χ0) is 15.3. The monoisotopic (exact) mass is 277 g/mol. The van der Waals surface area contributed by atoms with E-state index >= 15 is 0 Å². The van der Waals surface area contributed by atoms with Gasteiger partial charge in [0.1, 0.15) is 0 Å². The molecule has 0 aliphatic heterocycles. The maximum absolute atomic E-state index is 12.1. The van der Waals surface area contributed by atoms with E-state index in [1.807, 2.05) is 52.0 Å². The highest BCUT2D eigenvalue weighted by molar-refractivity contribution is 5.92. The lowest BCUT2D eigenvalue weighted by Crippen LogP contribution is -2.30. The molecule has 1 rings (SSSR count). The van der Waals surface area contributed by atoms with Gasteiger partial charge in [0.25, 0.3) is 0 Å². The number of hydrogen-bond acceptors (Lipinski definition) is 2. The normalized spacial score (nSPS) is 12.8. The predicted molar refractivity (Wildman–Crippen MR) is 79.6 cm³/mol. The third-order valence-electron chi connectivity index (χ3n) is 3.51. The Morgan fingerprint density at radius 3 is 2.50 bits per heavy atom. The maximum atomic E-state index is 12.1. The fourth-order valence-corrected chi connectivity index (χ4v) is 1.70. The first kappa shape index (κ1) is 16.2. The first-order chi connectivity index (χ1) is 9.20. The molecule has 20 heavy (non-hydrogen) atoms. The molecule has 1 aromatic rings. The van der Waals surface area contributed by atoms with Gasteiger partial charge in [-0.2, -0.15) is 0 Å². The van der Waals surface area contributed by atoms with Crippen LogP contribution in [0, 0.1) is 11.3 Å². The molecule has 0 aliphatic rings. The largest absolute Gasteiger partial charge is 0.481 e. The highest BCUT2D eigenvalue weighted by Gasteiger charge is 2.26. The first-order valence-electron chi connectivity index (χ1n) is 6.82. The van der Waals surface area contributed by atoms with Crippen LogP contribution in [0.5, 0.6) is 0 Å². The molecule has 0 aromatic heterocycles. The number of carbonyl (C=O) groups excluding carboxylic acids is 1. The van der Waals surface area contributed by atoms with E-state index < -0.39 is 5.97 Å². The number of hydrogen-bond donors (Lipinski definition) is 2. The number of benzene rings is 1. The van der Waals surface area contributed by atoms with E-state index in [0.29, 0.717) is 12.1 Å². The van der Waals surface area contributed by atoms with Gasteiger partial charge in [-0.15, -0.1) is 0 Å².